The number of thiazole rings is 1. The minimum atomic E-state index is 0.420. The lowest BCUT2D eigenvalue weighted by Crippen LogP contribution is -3.23. The van der Waals surface area contributed by atoms with Gasteiger partial charge in [-0.3, -0.25) is 0 Å². The lowest BCUT2D eigenvalue weighted by molar-refractivity contribution is -0.992. The quantitative estimate of drug-likeness (QED) is 0.842. The van der Waals surface area contributed by atoms with Crippen LogP contribution in [0.25, 0.3) is 10.2 Å². The van der Waals surface area contributed by atoms with Crippen molar-refractivity contribution in [3.8, 4) is 0 Å². The van der Waals surface area contributed by atoms with E-state index >= 15 is 0 Å². The van der Waals surface area contributed by atoms with Crippen LogP contribution >= 0.6 is 11.3 Å². The maximum Gasteiger partial charge on any atom is 0.156 e. The van der Waals surface area contributed by atoms with Gasteiger partial charge in [0.2, 0.25) is 0 Å². The van der Waals surface area contributed by atoms with Gasteiger partial charge >= 0.3 is 0 Å². The van der Waals surface area contributed by atoms with E-state index in [2.05, 4.69) is 29.6 Å². The van der Waals surface area contributed by atoms with Gasteiger partial charge in [0.05, 0.1) is 29.7 Å². The monoisotopic (exact) mass is 330 g/mol. The molecule has 0 bridgehead atoms. The van der Waals surface area contributed by atoms with Crippen molar-refractivity contribution >= 4 is 21.6 Å². The predicted octanol–water partition coefficient (Wildman–Crippen LogP) is 2.72. The highest BCUT2D eigenvalue weighted by molar-refractivity contribution is 7.18. The Morgan fingerprint density at radius 1 is 0.957 bits per heavy atom. The summed E-state index contributed by atoms with van der Waals surface area (Å²) in [6, 6.07) is 8.53. The van der Waals surface area contributed by atoms with E-state index in [1.54, 1.807) is 4.90 Å². The summed E-state index contributed by atoms with van der Waals surface area (Å²) in [7, 11) is 0. The highest BCUT2D eigenvalue weighted by Crippen LogP contribution is 2.38. The number of para-hydroxylation sites is 1. The van der Waals surface area contributed by atoms with E-state index in [1.165, 1.54) is 86.3 Å². The summed E-state index contributed by atoms with van der Waals surface area (Å²) >= 11 is 1.92. The van der Waals surface area contributed by atoms with Gasteiger partial charge in [-0.25, -0.2) is 4.98 Å². The number of nitrogens with one attached hydrogen (secondary N) is 2. The van der Waals surface area contributed by atoms with E-state index in [1.807, 2.05) is 11.3 Å². The van der Waals surface area contributed by atoms with Crippen LogP contribution in [0.15, 0.2) is 24.3 Å². The van der Waals surface area contributed by atoms with Crippen molar-refractivity contribution in [1.82, 2.24) is 10.3 Å². The normalized spacial score (nSPS) is 30.0. The third-order valence-corrected chi connectivity index (χ3v) is 7.01. The molecule has 0 amide bonds. The molecule has 5 rings (SSSR count). The first-order valence-corrected chi connectivity index (χ1v) is 10.1. The average molecular weight is 331 g/mol. The van der Waals surface area contributed by atoms with Crippen LogP contribution in [0, 0.1) is 0 Å². The topological polar surface area (TPSA) is 29.4 Å². The Kier molecular flexibility index (Phi) is 4.65. The summed E-state index contributed by atoms with van der Waals surface area (Å²) in [5, 5.41) is 4.74. The van der Waals surface area contributed by atoms with Gasteiger partial charge in [-0.2, -0.15) is 0 Å². The van der Waals surface area contributed by atoms with E-state index in [0.29, 0.717) is 5.54 Å². The minimum absolute atomic E-state index is 0.420. The zero-order valence-corrected chi connectivity index (χ0v) is 14.8. The Labute approximate surface area is 143 Å². The number of benzene rings is 1. The molecule has 23 heavy (non-hydrogen) atoms. The van der Waals surface area contributed by atoms with Gasteiger partial charge in [-0.15, -0.1) is 11.3 Å². The molecule has 0 radical (unpaired) electrons. The third kappa shape index (κ3) is 3.04. The summed E-state index contributed by atoms with van der Waals surface area (Å²) in [4.78, 5) is 6.65. The Hall–Kier alpha value is -0.970. The number of fused-ring (bicyclic) bond motifs is 2. The van der Waals surface area contributed by atoms with E-state index in [-0.39, 0.29) is 0 Å². The molecule has 3 aliphatic rings. The second-order valence-corrected chi connectivity index (χ2v) is 8.22. The highest BCUT2D eigenvalue weighted by Gasteiger charge is 2.56. The summed E-state index contributed by atoms with van der Waals surface area (Å²) in [5.41, 5.74) is 1.61. The number of aromatic nitrogens is 1. The predicted molar refractivity (Wildman–Crippen MR) is 97.2 cm³/mol. The molecule has 1 aromatic carbocycles. The van der Waals surface area contributed by atoms with Crippen molar-refractivity contribution in [2.24, 2.45) is 0 Å². The van der Waals surface area contributed by atoms with Crippen LogP contribution in [0.5, 0.6) is 0 Å². The Bertz CT molecular complexity index is 600. The van der Waals surface area contributed by atoms with E-state index in [0.717, 1.165) is 0 Å². The van der Waals surface area contributed by atoms with Crippen molar-refractivity contribution in [1.29, 1.82) is 0 Å². The first-order chi connectivity index (χ1) is 11.4. The SMILES string of the molecule is C1CCCNCC1.c1ccc2sc(C34CCC[NH+]3CC4)nc2c1. The molecular formula is C19H28N3S+. The number of hydrogen-bond donors (Lipinski definition) is 2. The molecule has 0 saturated carbocycles. The molecular weight excluding hydrogens is 302 g/mol. The number of nitrogens with zero attached hydrogens (tertiary/aromatic N) is 1. The maximum atomic E-state index is 4.87. The molecule has 3 fully saturated rings. The molecule has 4 heteroatoms. The van der Waals surface area contributed by atoms with Gasteiger partial charge in [-0.05, 0) is 38.1 Å². The van der Waals surface area contributed by atoms with Gasteiger partial charge in [0.1, 0.15) is 0 Å². The molecule has 2 atom stereocenters. The molecule has 3 aliphatic heterocycles. The smallest absolute Gasteiger partial charge is 0.156 e. The summed E-state index contributed by atoms with van der Waals surface area (Å²) < 4.78 is 1.35. The van der Waals surface area contributed by atoms with Crippen LogP contribution in [-0.4, -0.2) is 31.2 Å². The van der Waals surface area contributed by atoms with Crippen molar-refractivity contribution in [3.63, 3.8) is 0 Å². The number of quaternary nitrogens is 1. The molecule has 124 valence electrons. The zero-order chi connectivity index (χ0) is 15.5. The van der Waals surface area contributed by atoms with Gasteiger partial charge < -0.3 is 10.2 Å². The van der Waals surface area contributed by atoms with Gasteiger partial charge in [0, 0.05) is 12.8 Å². The van der Waals surface area contributed by atoms with E-state index in [9.17, 15) is 0 Å². The van der Waals surface area contributed by atoms with Crippen LogP contribution in [0.4, 0.5) is 0 Å². The Morgan fingerprint density at radius 3 is 2.48 bits per heavy atom. The molecule has 3 saturated heterocycles. The van der Waals surface area contributed by atoms with Crippen LogP contribution in [0.1, 0.15) is 50.0 Å². The van der Waals surface area contributed by atoms with Crippen molar-refractivity contribution < 1.29 is 4.90 Å². The Balaban J connectivity index is 0.000000164. The number of rotatable bonds is 1. The van der Waals surface area contributed by atoms with E-state index < -0.39 is 0 Å². The fraction of sp³-hybridized carbons (Fsp3) is 0.632. The van der Waals surface area contributed by atoms with Gasteiger partial charge in [-0.1, -0.05) is 25.0 Å². The second kappa shape index (κ2) is 6.88. The molecule has 2 N–H and O–H groups in total. The van der Waals surface area contributed by atoms with Crippen LogP contribution < -0.4 is 10.2 Å². The lowest BCUT2D eigenvalue weighted by atomic mass is 9.86. The summed E-state index contributed by atoms with van der Waals surface area (Å²) in [6.07, 6.45) is 9.73. The standard InChI is InChI=1S/C13H14N2S.C6H13N/c1-2-5-11-10(4-1)14-12(16-11)13-6-3-8-15(13)9-7-13;1-2-4-6-7-5-3-1/h1-2,4-5H,3,6-9H2;7H,1-6H2/p+1. The largest absolute Gasteiger partial charge is 0.324 e. The van der Waals surface area contributed by atoms with Crippen LogP contribution in [0.2, 0.25) is 0 Å². The Morgan fingerprint density at radius 2 is 1.78 bits per heavy atom. The molecule has 4 heterocycles. The summed E-state index contributed by atoms with van der Waals surface area (Å²) in [5.74, 6) is 0. The van der Waals surface area contributed by atoms with Crippen molar-refractivity contribution in [2.45, 2.75) is 50.5 Å². The first kappa shape index (κ1) is 15.6. The second-order valence-electron chi connectivity index (χ2n) is 7.19. The maximum absolute atomic E-state index is 4.87. The first-order valence-electron chi connectivity index (χ1n) is 9.30. The van der Waals surface area contributed by atoms with Crippen molar-refractivity contribution in [2.75, 3.05) is 26.2 Å². The molecule has 2 unspecified atom stereocenters. The lowest BCUT2D eigenvalue weighted by Gasteiger charge is -2.42. The molecule has 0 aliphatic carbocycles. The molecule has 0 spiro atoms. The minimum Gasteiger partial charge on any atom is -0.324 e. The fourth-order valence-electron chi connectivity index (χ4n) is 4.29. The summed E-state index contributed by atoms with van der Waals surface area (Å²) in [6.45, 7) is 5.21. The van der Waals surface area contributed by atoms with Gasteiger partial charge in [0.15, 0.2) is 10.5 Å². The molecule has 1 aromatic heterocycles. The fourth-order valence-corrected chi connectivity index (χ4v) is 5.55. The average Bonchev–Trinajstić information content (AvgIpc) is 2.95. The van der Waals surface area contributed by atoms with Gasteiger partial charge in [0.25, 0.3) is 0 Å². The molecule has 3 nitrogen and oxygen atoms in total. The van der Waals surface area contributed by atoms with Crippen molar-refractivity contribution in [3.05, 3.63) is 29.3 Å². The van der Waals surface area contributed by atoms with Crippen LogP contribution in [0.3, 0.4) is 0 Å². The number of hydrogen-bond acceptors (Lipinski definition) is 3. The zero-order valence-electron chi connectivity index (χ0n) is 13.9. The van der Waals surface area contributed by atoms with E-state index in [4.69, 9.17) is 4.98 Å². The van der Waals surface area contributed by atoms with Crippen LogP contribution in [-0.2, 0) is 5.54 Å². The third-order valence-electron chi connectivity index (χ3n) is 5.77. The highest BCUT2D eigenvalue weighted by atomic mass is 32.1. The molecule has 2 aromatic rings.